The predicted octanol–water partition coefficient (Wildman–Crippen LogP) is 2.24. The number of carboxylic acid groups (broad SMARTS) is 1. The first kappa shape index (κ1) is 18.4. The van der Waals surface area contributed by atoms with Gasteiger partial charge in [0.1, 0.15) is 0 Å². The highest BCUT2D eigenvalue weighted by molar-refractivity contribution is 7.91. The molecule has 24 heavy (non-hydrogen) atoms. The van der Waals surface area contributed by atoms with Crippen LogP contribution in [-0.2, 0) is 14.6 Å². The van der Waals surface area contributed by atoms with Gasteiger partial charge in [-0.25, -0.2) is 8.42 Å². The fourth-order valence-corrected chi connectivity index (χ4v) is 4.08. The molecule has 1 fully saturated rings. The average molecular weight is 353 g/mol. The minimum atomic E-state index is -3.31. The van der Waals surface area contributed by atoms with Gasteiger partial charge in [-0.2, -0.15) is 0 Å². The molecule has 0 aliphatic heterocycles. The number of carbonyl (C=O) groups is 2. The standard InChI is InChI=1S/C17H23NO5S/c1-3-24(22,23)13-9-7-12(8-10-13)15(19)18-17(2)11-5-4-6-14(17)16(20)21/h7-10,14H,3-6,11H2,1-2H3,(H,18,19)(H,20,21). The van der Waals surface area contributed by atoms with Crippen molar-refractivity contribution >= 4 is 21.7 Å². The minimum Gasteiger partial charge on any atom is -0.481 e. The molecular formula is C17H23NO5S. The maximum atomic E-state index is 12.5. The molecule has 132 valence electrons. The maximum absolute atomic E-state index is 12.5. The summed E-state index contributed by atoms with van der Waals surface area (Å²) in [4.78, 5) is 24.1. The van der Waals surface area contributed by atoms with E-state index < -0.39 is 27.3 Å². The molecule has 2 unspecified atom stereocenters. The largest absolute Gasteiger partial charge is 0.481 e. The first-order chi connectivity index (χ1) is 11.2. The van der Waals surface area contributed by atoms with Crippen LogP contribution in [0.25, 0.3) is 0 Å². The molecule has 0 spiro atoms. The molecule has 2 N–H and O–H groups in total. The average Bonchev–Trinajstić information content (AvgIpc) is 2.54. The zero-order valence-corrected chi connectivity index (χ0v) is 14.7. The Morgan fingerprint density at radius 3 is 2.42 bits per heavy atom. The molecule has 1 aliphatic carbocycles. The number of hydrogen-bond donors (Lipinski definition) is 2. The SMILES string of the molecule is CCS(=O)(=O)c1ccc(C(=O)NC2(C)CCCCC2C(=O)O)cc1. The Morgan fingerprint density at radius 2 is 1.88 bits per heavy atom. The van der Waals surface area contributed by atoms with E-state index in [1.54, 1.807) is 13.8 Å². The topological polar surface area (TPSA) is 101 Å². The van der Waals surface area contributed by atoms with E-state index >= 15 is 0 Å². The van der Waals surface area contributed by atoms with Crippen molar-refractivity contribution in [3.05, 3.63) is 29.8 Å². The number of amides is 1. The van der Waals surface area contributed by atoms with Crippen molar-refractivity contribution in [2.75, 3.05) is 5.75 Å². The lowest BCUT2D eigenvalue weighted by atomic mass is 9.73. The lowest BCUT2D eigenvalue weighted by Gasteiger charge is -2.39. The molecule has 0 bridgehead atoms. The Labute approximate surface area is 142 Å². The number of carbonyl (C=O) groups excluding carboxylic acids is 1. The molecule has 1 amide bonds. The first-order valence-electron chi connectivity index (χ1n) is 8.08. The van der Waals surface area contributed by atoms with Crippen molar-refractivity contribution in [3.8, 4) is 0 Å². The Kier molecular flexibility index (Phi) is 5.32. The summed E-state index contributed by atoms with van der Waals surface area (Å²) in [5.74, 6) is -1.90. The number of rotatable bonds is 5. The van der Waals surface area contributed by atoms with E-state index in [4.69, 9.17) is 0 Å². The highest BCUT2D eigenvalue weighted by Gasteiger charge is 2.42. The third-order valence-electron chi connectivity index (χ3n) is 4.76. The van der Waals surface area contributed by atoms with Crippen molar-refractivity contribution in [1.82, 2.24) is 5.32 Å². The molecule has 2 atom stereocenters. The third-order valence-corrected chi connectivity index (χ3v) is 6.51. The number of aliphatic carboxylic acids is 1. The summed E-state index contributed by atoms with van der Waals surface area (Å²) in [7, 11) is -3.31. The van der Waals surface area contributed by atoms with Crippen molar-refractivity contribution in [3.63, 3.8) is 0 Å². The zero-order valence-electron chi connectivity index (χ0n) is 13.9. The van der Waals surface area contributed by atoms with Crippen LogP contribution in [0.15, 0.2) is 29.2 Å². The van der Waals surface area contributed by atoms with Crippen LogP contribution >= 0.6 is 0 Å². The van der Waals surface area contributed by atoms with Crippen LogP contribution in [0.4, 0.5) is 0 Å². The van der Waals surface area contributed by atoms with E-state index in [1.807, 2.05) is 0 Å². The van der Waals surface area contributed by atoms with Gasteiger partial charge in [-0.15, -0.1) is 0 Å². The van der Waals surface area contributed by atoms with Gasteiger partial charge < -0.3 is 10.4 Å². The molecule has 1 aliphatic rings. The molecule has 0 saturated heterocycles. The van der Waals surface area contributed by atoms with Gasteiger partial charge in [0.05, 0.1) is 22.1 Å². The third kappa shape index (κ3) is 3.77. The van der Waals surface area contributed by atoms with Crippen molar-refractivity contribution < 1.29 is 23.1 Å². The zero-order chi connectivity index (χ0) is 18.0. The summed E-state index contributed by atoms with van der Waals surface area (Å²) in [5, 5.41) is 12.2. The fourth-order valence-electron chi connectivity index (χ4n) is 3.19. The highest BCUT2D eigenvalue weighted by atomic mass is 32.2. The van der Waals surface area contributed by atoms with E-state index in [9.17, 15) is 23.1 Å². The summed E-state index contributed by atoms with van der Waals surface area (Å²) in [6.07, 6.45) is 2.86. The number of carboxylic acids is 1. The molecule has 1 aromatic carbocycles. The molecule has 1 saturated carbocycles. The van der Waals surface area contributed by atoms with Gasteiger partial charge in [0.15, 0.2) is 9.84 Å². The van der Waals surface area contributed by atoms with E-state index in [-0.39, 0.29) is 16.6 Å². The Balaban J connectivity index is 2.18. The summed E-state index contributed by atoms with van der Waals surface area (Å²) in [6, 6.07) is 5.73. The lowest BCUT2D eigenvalue weighted by Crippen LogP contribution is -2.55. The second-order valence-corrected chi connectivity index (χ2v) is 8.71. The van der Waals surface area contributed by atoms with Crippen LogP contribution in [0.1, 0.15) is 49.9 Å². The molecule has 2 rings (SSSR count). The van der Waals surface area contributed by atoms with Crippen LogP contribution < -0.4 is 5.32 Å². The van der Waals surface area contributed by atoms with Crippen LogP contribution in [0.3, 0.4) is 0 Å². The molecule has 0 heterocycles. The molecule has 1 aromatic rings. The van der Waals surface area contributed by atoms with Crippen LogP contribution in [-0.4, -0.2) is 36.7 Å². The molecule has 6 nitrogen and oxygen atoms in total. The minimum absolute atomic E-state index is 0.00307. The van der Waals surface area contributed by atoms with Crippen LogP contribution in [0.5, 0.6) is 0 Å². The number of benzene rings is 1. The number of nitrogens with one attached hydrogen (secondary N) is 1. The maximum Gasteiger partial charge on any atom is 0.308 e. The second-order valence-electron chi connectivity index (χ2n) is 6.44. The molecule has 0 aromatic heterocycles. The summed E-state index contributed by atoms with van der Waals surface area (Å²) < 4.78 is 23.6. The summed E-state index contributed by atoms with van der Waals surface area (Å²) in [6.45, 7) is 3.32. The van der Waals surface area contributed by atoms with E-state index in [2.05, 4.69) is 5.32 Å². The predicted molar refractivity (Wildman–Crippen MR) is 89.6 cm³/mol. The van der Waals surface area contributed by atoms with E-state index in [0.717, 1.165) is 12.8 Å². The molecule has 7 heteroatoms. The van der Waals surface area contributed by atoms with Gasteiger partial charge in [0, 0.05) is 5.56 Å². The monoisotopic (exact) mass is 353 g/mol. The highest BCUT2D eigenvalue weighted by Crippen LogP contribution is 2.34. The van der Waals surface area contributed by atoms with Gasteiger partial charge in [0.25, 0.3) is 5.91 Å². The van der Waals surface area contributed by atoms with Gasteiger partial charge in [0.2, 0.25) is 0 Å². The lowest BCUT2D eigenvalue weighted by molar-refractivity contribution is -0.145. The Bertz CT molecular complexity index is 726. The van der Waals surface area contributed by atoms with Gasteiger partial charge in [-0.1, -0.05) is 19.8 Å². The van der Waals surface area contributed by atoms with Gasteiger partial charge in [-0.05, 0) is 44.0 Å². The first-order valence-corrected chi connectivity index (χ1v) is 9.73. The number of sulfone groups is 1. The van der Waals surface area contributed by atoms with Crippen molar-refractivity contribution in [2.24, 2.45) is 5.92 Å². The molecule has 0 radical (unpaired) electrons. The summed E-state index contributed by atoms with van der Waals surface area (Å²) >= 11 is 0. The smallest absolute Gasteiger partial charge is 0.308 e. The summed E-state index contributed by atoms with van der Waals surface area (Å²) in [5.41, 5.74) is -0.476. The van der Waals surface area contributed by atoms with Crippen molar-refractivity contribution in [1.29, 1.82) is 0 Å². The molecular weight excluding hydrogens is 330 g/mol. The second kappa shape index (κ2) is 6.93. The van der Waals surface area contributed by atoms with Crippen molar-refractivity contribution in [2.45, 2.75) is 50.0 Å². The van der Waals surface area contributed by atoms with Crippen LogP contribution in [0.2, 0.25) is 0 Å². The van der Waals surface area contributed by atoms with E-state index in [1.165, 1.54) is 24.3 Å². The quantitative estimate of drug-likeness (QED) is 0.845. The van der Waals surface area contributed by atoms with Crippen LogP contribution in [0, 0.1) is 5.92 Å². The fraction of sp³-hybridized carbons (Fsp3) is 0.529. The van der Waals surface area contributed by atoms with Gasteiger partial charge >= 0.3 is 5.97 Å². The Morgan fingerprint density at radius 1 is 1.25 bits per heavy atom. The Hall–Kier alpha value is -1.89. The number of hydrogen-bond acceptors (Lipinski definition) is 4. The van der Waals surface area contributed by atoms with E-state index in [0.29, 0.717) is 18.4 Å². The van der Waals surface area contributed by atoms with Gasteiger partial charge in [-0.3, -0.25) is 9.59 Å². The normalized spacial score (nSPS) is 24.3.